The van der Waals surface area contributed by atoms with Crippen LogP contribution >= 0.6 is 0 Å². The minimum Gasteiger partial charge on any atom is -0.311 e. The van der Waals surface area contributed by atoms with E-state index in [9.17, 15) is 9.18 Å². The number of amides is 1. The normalized spacial score (nSPS) is 30.0. The summed E-state index contributed by atoms with van der Waals surface area (Å²) in [5.74, 6) is 3.10. The Kier molecular flexibility index (Phi) is 6.12. The number of rotatable bonds is 5. The van der Waals surface area contributed by atoms with Gasteiger partial charge in [0.2, 0.25) is 5.91 Å². The molecule has 2 saturated carbocycles. The van der Waals surface area contributed by atoms with E-state index in [2.05, 4.69) is 37.7 Å². The number of allylic oxidation sites excluding steroid dienone is 1. The van der Waals surface area contributed by atoms with Crippen LogP contribution in [-0.4, -0.2) is 10.9 Å². The van der Waals surface area contributed by atoms with E-state index in [4.69, 9.17) is 0 Å². The minimum atomic E-state index is -0.121. The zero-order chi connectivity index (χ0) is 24.0. The molecule has 0 saturated heterocycles. The van der Waals surface area contributed by atoms with Gasteiger partial charge in [0.1, 0.15) is 11.6 Å². The summed E-state index contributed by atoms with van der Waals surface area (Å²) in [6.07, 6.45) is 8.63. The van der Waals surface area contributed by atoms with Crippen LogP contribution in [0.4, 0.5) is 10.2 Å². The summed E-state index contributed by atoms with van der Waals surface area (Å²) in [4.78, 5) is 17.2. The number of aryl methyl sites for hydroxylation is 1. The molecule has 3 aliphatic rings. The van der Waals surface area contributed by atoms with E-state index in [1.54, 1.807) is 12.1 Å². The van der Waals surface area contributed by atoms with Gasteiger partial charge in [-0.05, 0) is 108 Å². The van der Waals surface area contributed by atoms with Gasteiger partial charge in [-0.3, -0.25) is 4.79 Å². The summed E-state index contributed by atoms with van der Waals surface area (Å²) >= 11 is 0. The maximum Gasteiger partial charge on any atom is 0.225 e. The zero-order valence-electron chi connectivity index (χ0n) is 20.7. The number of nitrogens with zero attached hydrogens (tertiary/aromatic N) is 1. The maximum absolute atomic E-state index is 13.8. The summed E-state index contributed by atoms with van der Waals surface area (Å²) in [6, 6.07) is 9.35. The second-order valence-electron chi connectivity index (χ2n) is 11.4. The number of hydrogen-bond donors (Lipinski definition) is 1. The van der Waals surface area contributed by atoms with Crippen molar-refractivity contribution in [1.82, 2.24) is 4.98 Å². The van der Waals surface area contributed by atoms with Gasteiger partial charge in [-0.2, -0.15) is 0 Å². The van der Waals surface area contributed by atoms with Crippen molar-refractivity contribution in [3.8, 4) is 0 Å². The molecule has 3 aliphatic carbocycles. The van der Waals surface area contributed by atoms with Crippen molar-refractivity contribution in [2.45, 2.75) is 77.6 Å². The standard InChI is InChI=1S/C30H37FN2O/c1-18(2)22-6-11-27(32-17-22)33-28(34)12-7-21-15-19(3)30(4)14-13-25-24-10-8-23(31)16-20(24)5-9-26(25)29(21)30/h6,8,10-11,16-18,21,25-26,29H,3,5,7,9,12-15H2,1-2,4H3,(H,32,33,34)/t21-,25?,26?,29?,30-/m1/s1. The molecule has 4 heteroatoms. The number of nitrogens with one attached hydrogen (secondary N) is 1. The Labute approximate surface area is 203 Å². The molecule has 3 nitrogen and oxygen atoms in total. The molecule has 180 valence electrons. The van der Waals surface area contributed by atoms with Gasteiger partial charge in [0.05, 0.1) is 0 Å². The van der Waals surface area contributed by atoms with Gasteiger partial charge in [0.25, 0.3) is 0 Å². The Balaban J connectivity index is 1.28. The van der Waals surface area contributed by atoms with Crippen LogP contribution in [0.3, 0.4) is 0 Å². The Morgan fingerprint density at radius 2 is 2.09 bits per heavy atom. The number of aromatic nitrogens is 1. The second kappa shape index (κ2) is 8.94. The van der Waals surface area contributed by atoms with Crippen molar-refractivity contribution in [1.29, 1.82) is 0 Å². The van der Waals surface area contributed by atoms with Crippen molar-refractivity contribution >= 4 is 11.7 Å². The molecule has 5 rings (SSSR count). The van der Waals surface area contributed by atoms with Gasteiger partial charge in [-0.25, -0.2) is 9.37 Å². The first kappa shape index (κ1) is 23.3. The van der Waals surface area contributed by atoms with Crippen LogP contribution in [0.1, 0.15) is 87.8 Å². The molecule has 0 radical (unpaired) electrons. The molecule has 34 heavy (non-hydrogen) atoms. The highest BCUT2D eigenvalue weighted by Crippen LogP contribution is 2.65. The molecule has 0 spiro atoms. The van der Waals surface area contributed by atoms with Crippen LogP contribution in [0.5, 0.6) is 0 Å². The average molecular weight is 461 g/mol. The maximum atomic E-state index is 13.8. The van der Waals surface area contributed by atoms with Crippen molar-refractivity contribution in [3.63, 3.8) is 0 Å². The van der Waals surface area contributed by atoms with Crippen LogP contribution in [0.15, 0.2) is 48.7 Å². The second-order valence-corrected chi connectivity index (χ2v) is 11.4. The quantitative estimate of drug-likeness (QED) is 0.472. The van der Waals surface area contributed by atoms with Crippen LogP contribution in [0, 0.1) is 29.0 Å². The van der Waals surface area contributed by atoms with E-state index >= 15 is 0 Å². The molecule has 2 aromatic rings. The van der Waals surface area contributed by atoms with Crippen LogP contribution in [0.25, 0.3) is 0 Å². The monoisotopic (exact) mass is 460 g/mol. The third-order valence-electron chi connectivity index (χ3n) is 9.23. The third kappa shape index (κ3) is 4.10. The lowest BCUT2D eigenvalue weighted by Crippen LogP contribution is -2.42. The van der Waals surface area contributed by atoms with E-state index in [0.29, 0.717) is 41.8 Å². The fourth-order valence-corrected chi connectivity index (χ4v) is 7.38. The highest BCUT2D eigenvalue weighted by Gasteiger charge is 2.55. The molecule has 0 aliphatic heterocycles. The first-order valence-corrected chi connectivity index (χ1v) is 13.0. The van der Waals surface area contributed by atoms with E-state index in [1.807, 2.05) is 24.4 Å². The van der Waals surface area contributed by atoms with E-state index < -0.39 is 0 Å². The zero-order valence-corrected chi connectivity index (χ0v) is 20.7. The Bertz CT molecular complexity index is 1090. The highest BCUT2D eigenvalue weighted by atomic mass is 19.1. The summed E-state index contributed by atoms with van der Waals surface area (Å²) in [6.45, 7) is 11.2. The average Bonchev–Trinajstić information content (AvgIpc) is 3.07. The molecule has 1 heterocycles. The molecule has 1 amide bonds. The van der Waals surface area contributed by atoms with Gasteiger partial charge in [0.15, 0.2) is 0 Å². The lowest BCUT2D eigenvalue weighted by molar-refractivity contribution is -0.116. The Hall–Kier alpha value is -2.49. The SMILES string of the molecule is C=C1C[C@@H](CCC(=O)Nc2ccc(C(C)C)cn2)C2C3CCc4cc(F)ccc4C3CC[C@]12C. The predicted molar refractivity (Wildman–Crippen MR) is 135 cm³/mol. The van der Waals surface area contributed by atoms with Crippen LogP contribution in [-0.2, 0) is 11.2 Å². The van der Waals surface area contributed by atoms with Crippen molar-refractivity contribution in [2.75, 3.05) is 5.32 Å². The van der Waals surface area contributed by atoms with Crippen LogP contribution < -0.4 is 5.32 Å². The smallest absolute Gasteiger partial charge is 0.225 e. The van der Waals surface area contributed by atoms with Crippen LogP contribution in [0.2, 0.25) is 0 Å². The van der Waals surface area contributed by atoms with Gasteiger partial charge >= 0.3 is 0 Å². The minimum absolute atomic E-state index is 0.0424. The van der Waals surface area contributed by atoms with E-state index in [-0.39, 0.29) is 17.1 Å². The summed E-state index contributed by atoms with van der Waals surface area (Å²) in [5, 5.41) is 2.99. The van der Waals surface area contributed by atoms with Gasteiger partial charge < -0.3 is 5.32 Å². The Morgan fingerprint density at radius 3 is 2.82 bits per heavy atom. The number of hydrogen-bond acceptors (Lipinski definition) is 2. The molecular formula is C30H37FN2O. The molecule has 2 fully saturated rings. The van der Waals surface area contributed by atoms with Gasteiger partial charge in [-0.1, -0.05) is 45.1 Å². The fourth-order valence-electron chi connectivity index (χ4n) is 7.38. The first-order valence-electron chi connectivity index (χ1n) is 13.0. The number of benzene rings is 1. The van der Waals surface area contributed by atoms with Crippen molar-refractivity contribution in [3.05, 3.63) is 71.2 Å². The van der Waals surface area contributed by atoms with Crippen molar-refractivity contribution in [2.24, 2.45) is 23.2 Å². The molecule has 5 atom stereocenters. The lowest BCUT2D eigenvalue weighted by atomic mass is 9.53. The topological polar surface area (TPSA) is 42.0 Å². The first-order chi connectivity index (χ1) is 16.3. The van der Waals surface area contributed by atoms with Gasteiger partial charge in [0, 0.05) is 12.6 Å². The van der Waals surface area contributed by atoms with E-state index in [0.717, 1.165) is 38.5 Å². The lowest BCUT2D eigenvalue weighted by Gasteiger charge is -2.51. The Morgan fingerprint density at radius 1 is 1.26 bits per heavy atom. The molecular weight excluding hydrogens is 423 g/mol. The van der Waals surface area contributed by atoms with E-state index in [1.165, 1.54) is 22.3 Å². The number of carbonyl (C=O) groups excluding carboxylic acids is 1. The molecule has 3 unspecified atom stereocenters. The summed E-state index contributed by atoms with van der Waals surface area (Å²) in [5.41, 5.74) is 5.27. The number of pyridine rings is 1. The number of fused-ring (bicyclic) bond motifs is 5. The third-order valence-corrected chi connectivity index (χ3v) is 9.23. The fraction of sp³-hybridized carbons (Fsp3) is 0.533. The number of halogens is 1. The summed E-state index contributed by atoms with van der Waals surface area (Å²) in [7, 11) is 0. The molecule has 1 aromatic carbocycles. The molecule has 0 bridgehead atoms. The van der Waals surface area contributed by atoms with Crippen molar-refractivity contribution < 1.29 is 9.18 Å². The molecule has 1 aromatic heterocycles. The largest absolute Gasteiger partial charge is 0.311 e. The summed E-state index contributed by atoms with van der Waals surface area (Å²) < 4.78 is 13.8. The highest BCUT2D eigenvalue weighted by molar-refractivity contribution is 5.89. The molecule has 1 N–H and O–H groups in total. The number of carbonyl (C=O) groups is 1. The number of anilines is 1. The van der Waals surface area contributed by atoms with Gasteiger partial charge in [-0.15, -0.1) is 0 Å². The predicted octanol–water partition coefficient (Wildman–Crippen LogP) is 7.40.